The Bertz CT molecular complexity index is 329. The van der Waals surface area contributed by atoms with E-state index in [1.165, 1.54) is 6.07 Å². The van der Waals surface area contributed by atoms with Crippen molar-refractivity contribution < 1.29 is 4.39 Å². The van der Waals surface area contributed by atoms with Crippen LogP contribution >= 0.6 is 0 Å². The van der Waals surface area contributed by atoms with Crippen molar-refractivity contribution in [1.82, 2.24) is 0 Å². The van der Waals surface area contributed by atoms with E-state index in [0.29, 0.717) is 5.56 Å². The first kappa shape index (κ1) is 11.1. The molecule has 2 nitrogen and oxygen atoms in total. The van der Waals surface area contributed by atoms with Crippen LogP contribution in [0.1, 0.15) is 31.0 Å². The van der Waals surface area contributed by atoms with Crippen LogP contribution in [0.15, 0.2) is 18.2 Å². The second-order valence-corrected chi connectivity index (χ2v) is 4.31. The van der Waals surface area contributed by atoms with Gasteiger partial charge in [0.1, 0.15) is 5.82 Å². The van der Waals surface area contributed by atoms with Crippen molar-refractivity contribution in [1.29, 1.82) is 0 Å². The third kappa shape index (κ3) is 2.30. The van der Waals surface area contributed by atoms with Gasteiger partial charge in [0.2, 0.25) is 0 Å². The van der Waals surface area contributed by atoms with Crippen LogP contribution in [-0.4, -0.2) is 5.54 Å². The second kappa shape index (κ2) is 3.67. The maximum atomic E-state index is 13.0. The van der Waals surface area contributed by atoms with Gasteiger partial charge in [-0.15, -0.1) is 0 Å². The molecule has 0 aliphatic carbocycles. The van der Waals surface area contributed by atoms with Crippen molar-refractivity contribution in [2.75, 3.05) is 0 Å². The summed E-state index contributed by atoms with van der Waals surface area (Å²) in [6.07, 6.45) is 0. The summed E-state index contributed by atoms with van der Waals surface area (Å²) >= 11 is 0. The maximum absolute atomic E-state index is 13.0. The van der Waals surface area contributed by atoms with Gasteiger partial charge in [0.05, 0.1) is 0 Å². The van der Waals surface area contributed by atoms with Gasteiger partial charge in [0.15, 0.2) is 0 Å². The Balaban J connectivity index is 3.03. The largest absolute Gasteiger partial charge is 0.324 e. The zero-order chi connectivity index (χ0) is 10.9. The highest BCUT2D eigenvalue weighted by molar-refractivity contribution is 5.28. The van der Waals surface area contributed by atoms with Crippen molar-refractivity contribution in [3.05, 3.63) is 35.1 Å². The second-order valence-electron chi connectivity index (χ2n) is 4.31. The van der Waals surface area contributed by atoms with Crippen molar-refractivity contribution in [3.8, 4) is 0 Å². The molecule has 0 saturated heterocycles. The normalized spacial score (nSPS) is 14.1. The lowest BCUT2D eigenvalue weighted by molar-refractivity contribution is 0.419. The quantitative estimate of drug-likeness (QED) is 0.758. The van der Waals surface area contributed by atoms with Gasteiger partial charge < -0.3 is 11.5 Å². The lowest BCUT2D eigenvalue weighted by atomic mass is 9.90. The summed E-state index contributed by atoms with van der Waals surface area (Å²) in [6.45, 7) is 5.43. The monoisotopic (exact) mass is 196 g/mol. The SMILES string of the molecule is Cc1cc(C(N)C(C)(C)N)ccc1F. The molecule has 0 saturated carbocycles. The molecule has 4 N–H and O–H groups in total. The van der Waals surface area contributed by atoms with Gasteiger partial charge in [0, 0.05) is 11.6 Å². The number of hydrogen-bond donors (Lipinski definition) is 2. The Morgan fingerprint density at radius 2 is 1.93 bits per heavy atom. The predicted molar refractivity (Wildman–Crippen MR) is 56.3 cm³/mol. The average molecular weight is 196 g/mol. The highest BCUT2D eigenvalue weighted by Crippen LogP contribution is 2.22. The molecule has 1 aromatic rings. The topological polar surface area (TPSA) is 52.0 Å². The maximum Gasteiger partial charge on any atom is 0.126 e. The molecular formula is C11H17FN2. The number of hydrogen-bond acceptors (Lipinski definition) is 2. The van der Waals surface area contributed by atoms with Crippen molar-refractivity contribution in [2.45, 2.75) is 32.4 Å². The number of aryl methyl sites for hydroxylation is 1. The van der Waals surface area contributed by atoms with E-state index in [0.717, 1.165) is 5.56 Å². The number of rotatable bonds is 2. The molecule has 1 unspecified atom stereocenters. The summed E-state index contributed by atoms with van der Waals surface area (Å²) < 4.78 is 13.0. The first-order valence-corrected chi connectivity index (χ1v) is 4.63. The van der Waals surface area contributed by atoms with E-state index in [-0.39, 0.29) is 11.9 Å². The Morgan fingerprint density at radius 1 is 1.36 bits per heavy atom. The van der Waals surface area contributed by atoms with Gasteiger partial charge in [-0.2, -0.15) is 0 Å². The van der Waals surface area contributed by atoms with E-state index < -0.39 is 5.54 Å². The molecule has 0 aromatic heterocycles. The molecular weight excluding hydrogens is 179 g/mol. The molecule has 0 heterocycles. The van der Waals surface area contributed by atoms with Crippen molar-refractivity contribution in [3.63, 3.8) is 0 Å². The zero-order valence-electron chi connectivity index (χ0n) is 8.84. The van der Waals surface area contributed by atoms with E-state index in [1.54, 1.807) is 19.1 Å². The summed E-state index contributed by atoms with van der Waals surface area (Å²) in [5, 5.41) is 0. The molecule has 0 aliphatic rings. The Kier molecular flexibility index (Phi) is 2.92. The highest BCUT2D eigenvalue weighted by atomic mass is 19.1. The van der Waals surface area contributed by atoms with Crippen LogP contribution in [0.25, 0.3) is 0 Å². The fourth-order valence-corrected chi connectivity index (χ4v) is 1.29. The fraction of sp³-hybridized carbons (Fsp3) is 0.455. The van der Waals surface area contributed by atoms with Crippen molar-refractivity contribution >= 4 is 0 Å². The van der Waals surface area contributed by atoms with E-state index in [9.17, 15) is 4.39 Å². The Morgan fingerprint density at radius 3 is 2.36 bits per heavy atom. The summed E-state index contributed by atoms with van der Waals surface area (Å²) in [6, 6.07) is 4.58. The number of nitrogens with two attached hydrogens (primary N) is 2. The summed E-state index contributed by atoms with van der Waals surface area (Å²) in [5.74, 6) is -0.212. The Hall–Kier alpha value is -0.930. The molecule has 0 fully saturated rings. The number of halogens is 1. The first-order valence-electron chi connectivity index (χ1n) is 4.63. The van der Waals surface area contributed by atoms with Crippen molar-refractivity contribution in [2.24, 2.45) is 11.5 Å². The molecule has 78 valence electrons. The minimum absolute atomic E-state index is 0.212. The van der Waals surface area contributed by atoms with E-state index in [4.69, 9.17) is 11.5 Å². The van der Waals surface area contributed by atoms with Crippen LogP contribution in [0.3, 0.4) is 0 Å². The lowest BCUT2D eigenvalue weighted by Gasteiger charge is -2.27. The van der Waals surface area contributed by atoms with E-state index in [2.05, 4.69) is 0 Å². The third-order valence-corrected chi connectivity index (χ3v) is 2.34. The van der Waals surface area contributed by atoms with Crippen LogP contribution in [-0.2, 0) is 0 Å². The number of benzene rings is 1. The summed E-state index contributed by atoms with van der Waals surface area (Å²) in [4.78, 5) is 0. The molecule has 0 aliphatic heterocycles. The van der Waals surface area contributed by atoms with Gasteiger partial charge in [-0.1, -0.05) is 12.1 Å². The molecule has 1 aromatic carbocycles. The van der Waals surface area contributed by atoms with Crippen LogP contribution in [0, 0.1) is 12.7 Å². The van der Waals surface area contributed by atoms with E-state index in [1.807, 2.05) is 13.8 Å². The Labute approximate surface area is 84.1 Å². The third-order valence-electron chi connectivity index (χ3n) is 2.34. The molecule has 0 spiro atoms. The molecule has 0 radical (unpaired) electrons. The predicted octanol–water partition coefficient (Wildman–Crippen LogP) is 1.87. The highest BCUT2D eigenvalue weighted by Gasteiger charge is 2.22. The average Bonchev–Trinajstić information content (AvgIpc) is 2.07. The van der Waals surface area contributed by atoms with Gasteiger partial charge in [-0.05, 0) is 38.0 Å². The van der Waals surface area contributed by atoms with Gasteiger partial charge in [-0.3, -0.25) is 0 Å². The minimum Gasteiger partial charge on any atom is -0.324 e. The summed E-state index contributed by atoms with van der Waals surface area (Å²) in [5.41, 5.74) is 12.8. The molecule has 0 bridgehead atoms. The molecule has 3 heteroatoms. The standard InChI is InChI=1S/C11H17FN2/c1-7-6-8(4-5-9(7)12)10(13)11(2,3)14/h4-6,10H,13-14H2,1-3H3. The molecule has 1 atom stereocenters. The van der Waals surface area contributed by atoms with Gasteiger partial charge in [0.25, 0.3) is 0 Å². The van der Waals surface area contributed by atoms with Crippen LogP contribution < -0.4 is 11.5 Å². The zero-order valence-corrected chi connectivity index (χ0v) is 8.84. The first-order chi connectivity index (χ1) is 6.32. The van der Waals surface area contributed by atoms with Crippen LogP contribution in [0.4, 0.5) is 4.39 Å². The summed E-state index contributed by atoms with van der Waals surface area (Å²) in [7, 11) is 0. The lowest BCUT2D eigenvalue weighted by Crippen LogP contribution is -2.43. The van der Waals surface area contributed by atoms with E-state index >= 15 is 0 Å². The minimum atomic E-state index is -0.496. The van der Waals surface area contributed by atoms with Crippen LogP contribution in [0.5, 0.6) is 0 Å². The van der Waals surface area contributed by atoms with Crippen LogP contribution in [0.2, 0.25) is 0 Å². The van der Waals surface area contributed by atoms with Gasteiger partial charge in [-0.25, -0.2) is 4.39 Å². The molecule has 0 amide bonds. The molecule has 1 rings (SSSR count). The molecule has 14 heavy (non-hydrogen) atoms. The van der Waals surface area contributed by atoms with Gasteiger partial charge >= 0.3 is 0 Å². The smallest absolute Gasteiger partial charge is 0.126 e. The fourth-order valence-electron chi connectivity index (χ4n) is 1.29.